The van der Waals surface area contributed by atoms with E-state index < -0.39 is 8.03 Å². The van der Waals surface area contributed by atoms with Crippen molar-refractivity contribution in [3.05, 3.63) is 30.3 Å². The molecule has 0 radical (unpaired) electrons. The number of rotatable bonds is 4. The number of hydrogen-bond acceptors (Lipinski definition) is 3. The molecular formula is C8H10O3P+. The first kappa shape index (κ1) is 9.17. The second kappa shape index (κ2) is 4.86. The van der Waals surface area contributed by atoms with Crippen LogP contribution in [0.2, 0.25) is 0 Å². The molecule has 1 rings (SSSR count). The lowest BCUT2D eigenvalue weighted by molar-refractivity contribution is 0.244. The lowest BCUT2D eigenvalue weighted by Crippen LogP contribution is -1.87. The van der Waals surface area contributed by atoms with E-state index in [-0.39, 0.29) is 6.35 Å². The highest BCUT2D eigenvalue weighted by Crippen LogP contribution is 2.25. The zero-order chi connectivity index (χ0) is 8.81. The minimum Gasteiger partial charge on any atom is -0.338 e. The Balaban J connectivity index is 2.47. The minimum atomic E-state index is -1.73. The van der Waals surface area contributed by atoms with E-state index in [1.165, 1.54) is 7.11 Å². The van der Waals surface area contributed by atoms with Crippen molar-refractivity contribution in [1.82, 2.24) is 0 Å². The van der Waals surface area contributed by atoms with Gasteiger partial charge in [-0.1, -0.05) is 18.2 Å². The Hall–Kier alpha value is -0.920. The zero-order valence-electron chi connectivity index (χ0n) is 6.77. The molecule has 0 bridgehead atoms. The molecule has 0 spiro atoms. The largest absolute Gasteiger partial charge is 0.585 e. The van der Waals surface area contributed by atoms with Gasteiger partial charge in [-0.3, -0.25) is 4.52 Å². The number of ether oxygens (including phenoxy) is 1. The van der Waals surface area contributed by atoms with Gasteiger partial charge in [0.2, 0.25) is 0 Å². The average Bonchev–Trinajstić information content (AvgIpc) is 2.06. The normalized spacial score (nSPS) is 10.9. The van der Waals surface area contributed by atoms with Gasteiger partial charge < -0.3 is 4.74 Å². The zero-order valence-corrected chi connectivity index (χ0v) is 7.66. The van der Waals surface area contributed by atoms with Gasteiger partial charge in [-0.25, -0.2) is 0 Å². The molecule has 1 atom stereocenters. The maximum atomic E-state index is 11.0. The van der Waals surface area contributed by atoms with Crippen LogP contribution in [0.25, 0.3) is 0 Å². The summed E-state index contributed by atoms with van der Waals surface area (Å²) >= 11 is 0. The first-order valence-corrected chi connectivity index (χ1v) is 4.86. The molecule has 0 amide bonds. The monoisotopic (exact) mass is 185 g/mol. The fraction of sp³-hybridized carbons (Fsp3) is 0.250. The summed E-state index contributed by atoms with van der Waals surface area (Å²) in [5, 5.41) is 0. The van der Waals surface area contributed by atoms with Crippen LogP contribution in [0, 0.1) is 0 Å². The fourth-order valence-corrected chi connectivity index (χ4v) is 1.35. The predicted molar refractivity (Wildman–Crippen MR) is 46.6 cm³/mol. The molecule has 12 heavy (non-hydrogen) atoms. The fourth-order valence-electron chi connectivity index (χ4n) is 0.731. The highest BCUT2D eigenvalue weighted by Gasteiger charge is 2.17. The van der Waals surface area contributed by atoms with Gasteiger partial charge in [-0.2, -0.15) is 0 Å². The third kappa shape index (κ3) is 2.99. The lowest BCUT2D eigenvalue weighted by Gasteiger charge is -1.90. The lowest BCUT2D eigenvalue weighted by atomic mass is 10.3. The maximum absolute atomic E-state index is 11.0. The highest BCUT2D eigenvalue weighted by molar-refractivity contribution is 7.39. The summed E-state index contributed by atoms with van der Waals surface area (Å²) in [6.07, 6.45) is 0.129. The predicted octanol–water partition coefficient (Wildman–Crippen LogP) is 2.41. The van der Waals surface area contributed by atoms with Gasteiger partial charge in [0, 0.05) is 7.11 Å². The van der Waals surface area contributed by atoms with Gasteiger partial charge in [-0.15, -0.1) is 0 Å². The van der Waals surface area contributed by atoms with E-state index in [4.69, 9.17) is 4.52 Å². The molecule has 4 heteroatoms. The van der Waals surface area contributed by atoms with Crippen molar-refractivity contribution >= 4 is 8.03 Å². The Labute approximate surface area is 72.2 Å². The first-order chi connectivity index (χ1) is 5.83. The molecular weight excluding hydrogens is 175 g/mol. The number of benzene rings is 1. The second-order valence-electron chi connectivity index (χ2n) is 2.15. The van der Waals surface area contributed by atoms with Gasteiger partial charge >= 0.3 is 8.03 Å². The van der Waals surface area contributed by atoms with Crippen LogP contribution in [0.5, 0.6) is 5.75 Å². The van der Waals surface area contributed by atoms with Crippen LogP contribution in [-0.4, -0.2) is 13.5 Å². The smallest absolute Gasteiger partial charge is 0.338 e. The molecule has 3 nitrogen and oxygen atoms in total. The third-order valence-electron chi connectivity index (χ3n) is 1.18. The molecule has 0 saturated heterocycles. The van der Waals surface area contributed by atoms with Crippen molar-refractivity contribution in [2.45, 2.75) is 0 Å². The third-order valence-corrected chi connectivity index (χ3v) is 2.07. The van der Waals surface area contributed by atoms with Crippen molar-refractivity contribution in [3.63, 3.8) is 0 Å². The highest BCUT2D eigenvalue weighted by atomic mass is 31.1. The van der Waals surface area contributed by atoms with Gasteiger partial charge in [0.25, 0.3) is 6.35 Å². The standard InChI is InChI=1S/C8H10O3P/c1-10-7-12(9)11-8-5-3-2-4-6-8/h2-6H,7H2,1H3/q+1. The average molecular weight is 185 g/mol. The summed E-state index contributed by atoms with van der Waals surface area (Å²) in [5.41, 5.74) is 0. The van der Waals surface area contributed by atoms with E-state index in [9.17, 15) is 4.57 Å². The first-order valence-electron chi connectivity index (χ1n) is 3.49. The Kier molecular flexibility index (Phi) is 3.71. The molecule has 0 aliphatic rings. The molecule has 0 aromatic heterocycles. The quantitative estimate of drug-likeness (QED) is 0.675. The van der Waals surface area contributed by atoms with Crippen molar-refractivity contribution in [2.24, 2.45) is 0 Å². The molecule has 0 saturated carbocycles. The van der Waals surface area contributed by atoms with Crippen LogP contribution in [-0.2, 0) is 9.30 Å². The Bertz CT molecular complexity index is 248. The van der Waals surface area contributed by atoms with Crippen LogP contribution in [0.15, 0.2) is 30.3 Å². The van der Waals surface area contributed by atoms with Gasteiger partial charge in [0.1, 0.15) is 0 Å². The SMILES string of the molecule is COC[P+](=O)Oc1ccccc1. The van der Waals surface area contributed by atoms with Crippen LogP contribution < -0.4 is 4.52 Å². The molecule has 0 aliphatic carbocycles. The second-order valence-corrected chi connectivity index (χ2v) is 3.26. The summed E-state index contributed by atoms with van der Waals surface area (Å²) in [6.45, 7) is 0. The number of methoxy groups -OCH3 is 1. The summed E-state index contributed by atoms with van der Waals surface area (Å²) in [6, 6.07) is 9.03. The van der Waals surface area contributed by atoms with Gasteiger partial charge in [0.05, 0.1) is 0 Å². The minimum absolute atomic E-state index is 0.129. The van der Waals surface area contributed by atoms with Crippen molar-refractivity contribution in [1.29, 1.82) is 0 Å². The summed E-state index contributed by atoms with van der Waals surface area (Å²) < 4.78 is 20.7. The Morgan fingerprint density at radius 2 is 2.00 bits per heavy atom. The van der Waals surface area contributed by atoms with Crippen molar-refractivity contribution in [2.75, 3.05) is 13.5 Å². The molecule has 1 aromatic carbocycles. The van der Waals surface area contributed by atoms with Crippen LogP contribution in [0.3, 0.4) is 0 Å². The van der Waals surface area contributed by atoms with E-state index in [1.807, 2.05) is 18.2 Å². The number of hydrogen-bond donors (Lipinski definition) is 0. The van der Waals surface area contributed by atoms with Gasteiger partial charge in [-0.05, 0) is 16.7 Å². The van der Waals surface area contributed by atoms with Crippen LogP contribution >= 0.6 is 8.03 Å². The van der Waals surface area contributed by atoms with Crippen molar-refractivity contribution < 1.29 is 13.8 Å². The van der Waals surface area contributed by atoms with E-state index in [0.717, 1.165) is 0 Å². The molecule has 0 aliphatic heterocycles. The molecule has 1 aromatic rings. The molecule has 1 unspecified atom stereocenters. The molecule has 0 N–H and O–H groups in total. The Morgan fingerprint density at radius 1 is 1.33 bits per heavy atom. The van der Waals surface area contributed by atoms with E-state index in [0.29, 0.717) is 5.75 Å². The topological polar surface area (TPSA) is 35.5 Å². The molecule has 0 heterocycles. The maximum Gasteiger partial charge on any atom is 0.585 e. The van der Waals surface area contributed by atoms with Crippen LogP contribution in [0.4, 0.5) is 0 Å². The van der Waals surface area contributed by atoms with Crippen molar-refractivity contribution in [3.8, 4) is 5.75 Å². The molecule has 0 fully saturated rings. The van der Waals surface area contributed by atoms with Crippen LogP contribution in [0.1, 0.15) is 0 Å². The van der Waals surface area contributed by atoms with E-state index in [2.05, 4.69) is 4.74 Å². The Morgan fingerprint density at radius 3 is 2.58 bits per heavy atom. The summed E-state index contributed by atoms with van der Waals surface area (Å²) in [4.78, 5) is 0. The van der Waals surface area contributed by atoms with E-state index in [1.54, 1.807) is 12.1 Å². The van der Waals surface area contributed by atoms with Gasteiger partial charge in [0.15, 0.2) is 5.75 Å². The molecule has 64 valence electrons. The summed E-state index contributed by atoms with van der Waals surface area (Å²) in [7, 11) is -0.241. The van der Waals surface area contributed by atoms with E-state index >= 15 is 0 Å². The summed E-state index contributed by atoms with van der Waals surface area (Å²) in [5.74, 6) is 0.607. The number of para-hydroxylation sites is 1.